The van der Waals surface area contributed by atoms with Gasteiger partial charge in [-0.25, -0.2) is 0 Å². The van der Waals surface area contributed by atoms with Crippen molar-refractivity contribution in [2.24, 2.45) is 0 Å². The molecule has 0 spiro atoms. The molecular formula is C15H21NO3. The zero-order valence-electron chi connectivity index (χ0n) is 11.4. The second-order valence-electron chi connectivity index (χ2n) is 5.37. The van der Waals surface area contributed by atoms with Gasteiger partial charge in [0.25, 0.3) is 5.91 Å². The summed E-state index contributed by atoms with van der Waals surface area (Å²) in [5.74, 6) is 0.998. The van der Waals surface area contributed by atoms with Crippen LogP contribution in [0.5, 0.6) is 5.75 Å². The van der Waals surface area contributed by atoms with Crippen molar-refractivity contribution in [3.8, 4) is 5.75 Å². The maximum atomic E-state index is 11.7. The van der Waals surface area contributed by atoms with Gasteiger partial charge in [0.2, 0.25) is 0 Å². The molecule has 104 valence electrons. The third kappa shape index (κ3) is 3.70. The van der Waals surface area contributed by atoms with Crippen LogP contribution >= 0.6 is 0 Å². The molecule has 0 saturated heterocycles. The van der Waals surface area contributed by atoms with E-state index >= 15 is 0 Å². The predicted molar refractivity (Wildman–Crippen MR) is 73.2 cm³/mol. The smallest absolute Gasteiger partial charge is 0.258 e. The largest absolute Gasteiger partial charge is 0.483 e. The summed E-state index contributed by atoms with van der Waals surface area (Å²) in [5.41, 5.74) is 1.11. The van der Waals surface area contributed by atoms with Gasteiger partial charge < -0.3 is 15.2 Å². The lowest BCUT2D eigenvalue weighted by Gasteiger charge is -2.31. The minimum absolute atomic E-state index is 0.0241. The molecule has 1 amide bonds. The number of benzene rings is 1. The zero-order valence-corrected chi connectivity index (χ0v) is 11.4. The summed E-state index contributed by atoms with van der Waals surface area (Å²) in [6.07, 6.45) is 1.04. The molecule has 0 aliphatic heterocycles. The van der Waals surface area contributed by atoms with Gasteiger partial charge in [-0.2, -0.15) is 0 Å². The summed E-state index contributed by atoms with van der Waals surface area (Å²) in [5, 5.41) is 12.0. The number of aliphatic hydroxyl groups excluding tert-OH is 1. The van der Waals surface area contributed by atoms with E-state index in [9.17, 15) is 4.79 Å². The highest BCUT2D eigenvalue weighted by Gasteiger charge is 2.28. The SMILES string of the molecule is CC(C)c1ccccc1OCC(=O)NC1CC(O)C1. The van der Waals surface area contributed by atoms with Crippen LogP contribution in [0.2, 0.25) is 0 Å². The van der Waals surface area contributed by atoms with Gasteiger partial charge in [-0.3, -0.25) is 4.79 Å². The number of ether oxygens (including phenoxy) is 1. The second kappa shape index (κ2) is 6.06. The lowest BCUT2D eigenvalue weighted by molar-refractivity contribution is -0.125. The molecule has 1 aliphatic carbocycles. The number of para-hydroxylation sites is 1. The van der Waals surface area contributed by atoms with E-state index in [1.165, 1.54) is 0 Å². The number of nitrogens with one attached hydrogen (secondary N) is 1. The number of amides is 1. The molecular weight excluding hydrogens is 242 g/mol. The van der Waals surface area contributed by atoms with Crippen LogP contribution in [0.4, 0.5) is 0 Å². The minimum atomic E-state index is -0.257. The van der Waals surface area contributed by atoms with Crippen molar-refractivity contribution in [2.45, 2.75) is 44.8 Å². The molecule has 0 unspecified atom stereocenters. The number of carbonyl (C=O) groups excluding carboxylic acids is 1. The monoisotopic (exact) mass is 263 g/mol. The van der Waals surface area contributed by atoms with E-state index in [0.29, 0.717) is 18.8 Å². The summed E-state index contributed by atoms with van der Waals surface area (Å²) in [6.45, 7) is 4.21. The highest BCUT2D eigenvalue weighted by Crippen LogP contribution is 2.25. The maximum absolute atomic E-state index is 11.7. The molecule has 4 heteroatoms. The zero-order chi connectivity index (χ0) is 13.8. The van der Waals surface area contributed by atoms with Gasteiger partial charge in [-0.15, -0.1) is 0 Å². The first-order valence-electron chi connectivity index (χ1n) is 6.75. The molecule has 0 radical (unpaired) electrons. The Labute approximate surface area is 113 Å². The Balaban J connectivity index is 1.83. The van der Waals surface area contributed by atoms with E-state index in [-0.39, 0.29) is 24.7 Å². The van der Waals surface area contributed by atoms with Gasteiger partial charge in [-0.05, 0) is 30.4 Å². The van der Waals surface area contributed by atoms with Crippen LogP contribution in [0.1, 0.15) is 38.2 Å². The predicted octanol–water partition coefficient (Wildman–Crippen LogP) is 1.83. The Morgan fingerprint density at radius 3 is 2.74 bits per heavy atom. The number of rotatable bonds is 5. The van der Waals surface area contributed by atoms with Gasteiger partial charge in [0.1, 0.15) is 5.75 Å². The number of hydrogen-bond donors (Lipinski definition) is 2. The number of hydrogen-bond acceptors (Lipinski definition) is 3. The molecule has 19 heavy (non-hydrogen) atoms. The van der Waals surface area contributed by atoms with Gasteiger partial charge >= 0.3 is 0 Å². The minimum Gasteiger partial charge on any atom is -0.483 e. The Morgan fingerprint density at radius 1 is 1.42 bits per heavy atom. The lowest BCUT2D eigenvalue weighted by Crippen LogP contribution is -2.48. The normalized spacial score (nSPS) is 21.9. The molecule has 2 rings (SSSR count). The molecule has 0 bridgehead atoms. The summed E-state index contributed by atoms with van der Waals surface area (Å²) < 4.78 is 5.58. The molecule has 2 N–H and O–H groups in total. The average Bonchev–Trinajstić information content (AvgIpc) is 2.34. The highest BCUT2D eigenvalue weighted by atomic mass is 16.5. The fraction of sp³-hybridized carbons (Fsp3) is 0.533. The van der Waals surface area contributed by atoms with E-state index in [4.69, 9.17) is 9.84 Å². The standard InChI is InChI=1S/C15H21NO3/c1-10(2)13-5-3-4-6-14(13)19-9-15(18)16-11-7-12(17)8-11/h3-6,10-12,17H,7-9H2,1-2H3,(H,16,18). The summed E-state index contributed by atoms with van der Waals surface area (Å²) in [6, 6.07) is 7.88. The topological polar surface area (TPSA) is 58.6 Å². The van der Waals surface area contributed by atoms with Crippen molar-refractivity contribution >= 4 is 5.91 Å². The van der Waals surface area contributed by atoms with Crippen LogP contribution < -0.4 is 10.1 Å². The molecule has 1 fully saturated rings. The lowest BCUT2D eigenvalue weighted by atomic mass is 9.89. The average molecular weight is 263 g/mol. The molecule has 0 atom stereocenters. The third-order valence-corrected chi connectivity index (χ3v) is 3.38. The Morgan fingerprint density at radius 2 is 2.11 bits per heavy atom. The second-order valence-corrected chi connectivity index (χ2v) is 5.37. The maximum Gasteiger partial charge on any atom is 0.258 e. The van der Waals surface area contributed by atoms with Crippen LogP contribution in [-0.4, -0.2) is 29.8 Å². The van der Waals surface area contributed by atoms with E-state index < -0.39 is 0 Å². The third-order valence-electron chi connectivity index (χ3n) is 3.38. The summed E-state index contributed by atoms with van der Waals surface area (Å²) in [4.78, 5) is 11.7. The van der Waals surface area contributed by atoms with Gasteiger partial charge in [0, 0.05) is 6.04 Å². The first-order valence-corrected chi connectivity index (χ1v) is 6.75. The van der Waals surface area contributed by atoms with E-state index in [2.05, 4.69) is 19.2 Å². The van der Waals surface area contributed by atoms with Crippen molar-refractivity contribution in [2.75, 3.05) is 6.61 Å². The van der Waals surface area contributed by atoms with E-state index in [1.807, 2.05) is 24.3 Å². The Kier molecular flexibility index (Phi) is 4.43. The van der Waals surface area contributed by atoms with Crippen molar-refractivity contribution in [1.82, 2.24) is 5.32 Å². The number of carbonyl (C=O) groups is 1. The summed E-state index contributed by atoms with van der Waals surface area (Å²) in [7, 11) is 0. The van der Waals surface area contributed by atoms with Crippen LogP contribution in [0.25, 0.3) is 0 Å². The Hall–Kier alpha value is -1.55. The van der Waals surface area contributed by atoms with Gasteiger partial charge in [0.15, 0.2) is 6.61 Å². The molecule has 1 saturated carbocycles. The molecule has 1 aromatic rings. The molecule has 0 aromatic heterocycles. The van der Waals surface area contributed by atoms with Crippen molar-refractivity contribution in [1.29, 1.82) is 0 Å². The van der Waals surface area contributed by atoms with Crippen molar-refractivity contribution < 1.29 is 14.6 Å². The highest BCUT2D eigenvalue weighted by molar-refractivity contribution is 5.78. The van der Waals surface area contributed by atoms with Crippen molar-refractivity contribution in [3.05, 3.63) is 29.8 Å². The van der Waals surface area contributed by atoms with Crippen molar-refractivity contribution in [3.63, 3.8) is 0 Å². The van der Waals surface area contributed by atoms with Gasteiger partial charge in [-0.1, -0.05) is 32.0 Å². The van der Waals surface area contributed by atoms with Crippen LogP contribution in [-0.2, 0) is 4.79 Å². The Bertz CT molecular complexity index is 439. The summed E-state index contributed by atoms with van der Waals surface area (Å²) >= 11 is 0. The number of aliphatic hydroxyl groups is 1. The fourth-order valence-electron chi connectivity index (χ4n) is 2.21. The quantitative estimate of drug-likeness (QED) is 0.852. The van der Waals surface area contributed by atoms with Gasteiger partial charge in [0.05, 0.1) is 6.10 Å². The molecule has 0 heterocycles. The van der Waals surface area contributed by atoms with Crippen LogP contribution in [0, 0.1) is 0 Å². The first-order chi connectivity index (χ1) is 9.06. The van der Waals surface area contributed by atoms with E-state index in [0.717, 1.165) is 11.3 Å². The molecule has 1 aliphatic rings. The van der Waals surface area contributed by atoms with Crippen LogP contribution in [0.15, 0.2) is 24.3 Å². The fourth-order valence-corrected chi connectivity index (χ4v) is 2.21. The first kappa shape index (κ1) is 13.9. The van der Waals surface area contributed by atoms with Crippen LogP contribution in [0.3, 0.4) is 0 Å². The molecule has 4 nitrogen and oxygen atoms in total. The molecule has 1 aromatic carbocycles. The van der Waals surface area contributed by atoms with E-state index in [1.54, 1.807) is 0 Å².